The number of aliphatic hydroxyl groups is 2. The Morgan fingerprint density at radius 2 is 1.80 bits per heavy atom. The first-order chi connectivity index (χ1) is 26.0. The largest absolute Gasteiger partial charge is 0.459 e. The molecule has 12 nitrogen and oxygen atoms in total. The van der Waals surface area contributed by atoms with Crippen molar-refractivity contribution >= 4 is 17.9 Å². The number of nitrogens with one attached hydrogen (secondary N) is 1. The van der Waals surface area contributed by atoms with E-state index in [2.05, 4.69) is 18.0 Å². The van der Waals surface area contributed by atoms with Crippen LogP contribution in [0.5, 0.6) is 11.5 Å². The zero-order valence-electron chi connectivity index (χ0n) is 32.3. The first-order valence-corrected chi connectivity index (χ1v) is 19.0. The maximum absolute atomic E-state index is 13.3. The van der Waals surface area contributed by atoms with Gasteiger partial charge in [-0.15, -0.1) is 6.58 Å². The maximum Gasteiger partial charge on any atom is 0.412 e. The van der Waals surface area contributed by atoms with E-state index < -0.39 is 35.5 Å². The quantitative estimate of drug-likeness (QED) is 0.0929. The van der Waals surface area contributed by atoms with Crippen LogP contribution in [0.25, 0.3) is 0 Å². The Kier molecular flexibility index (Phi) is 13.8. The predicted octanol–water partition coefficient (Wildman–Crippen LogP) is 7.11. The van der Waals surface area contributed by atoms with Gasteiger partial charge in [0.2, 0.25) is 5.79 Å². The molecule has 0 bridgehead atoms. The average molecular weight is 748 g/mol. The van der Waals surface area contributed by atoms with E-state index in [0.717, 1.165) is 42.4 Å². The molecule has 0 radical (unpaired) electrons. The Balaban J connectivity index is 1.69. The monoisotopic (exact) mass is 747 g/mol. The van der Waals surface area contributed by atoms with Gasteiger partial charge in [-0.05, 0) is 87.6 Å². The molecule has 1 saturated carbocycles. The summed E-state index contributed by atoms with van der Waals surface area (Å²) in [6.45, 7) is 10.4. The highest BCUT2D eigenvalue weighted by Crippen LogP contribution is 2.61. The normalized spacial score (nSPS) is 25.0. The van der Waals surface area contributed by atoms with Gasteiger partial charge in [0.1, 0.15) is 23.1 Å². The van der Waals surface area contributed by atoms with Crippen molar-refractivity contribution in [3.63, 3.8) is 0 Å². The fraction of sp³-hybridized carbons (Fsp3) is 0.548. The lowest BCUT2D eigenvalue weighted by Gasteiger charge is -2.59. The number of carbonyl (C=O) groups excluding carboxylic acids is 2. The molecule has 2 amide bonds. The molecule has 54 heavy (non-hydrogen) atoms. The van der Waals surface area contributed by atoms with E-state index in [1.165, 1.54) is 12.0 Å². The van der Waals surface area contributed by atoms with Crippen LogP contribution in [-0.2, 0) is 20.9 Å². The number of amides is 2. The highest BCUT2D eigenvalue weighted by atomic mass is 16.7. The highest BCUT2D eigenvalue weighted by Gasteiger charge is 2.65. The topological polar surface area (TPSA) is 148 Å². The molecule has 0 unspecified atom stereocenters. The SMILES string of the molecule is C=CCO[C@@]12Oc3ccc(OC(=O)NCc4ccccc4)cc3[C@H]3[C@H](CCCCO)[C@@H](CCCCO)C=C(C(=NOC(C)(C)C)C[C@@H]1N(C)C(=O)OC)[C@H]32. The first kappa shape index (κ1) is 40.8. The predicted molar refractivity (Wildman–Crippen MR) is 205 cm³/mol. The molecule has 2 aromatic carbocycles. The van der Waals surface area contributed by atoms with Crippen LogP contribution in [0.15, 0.2) is 78.0 Å². The lowest BCUT2D eigenvalue weighted by molar-refractivity contribution is -0.253. The number of allylic oxidation sites excluding steroid dienone is 1. The van der Waals surface area contributed by atoms with Gasteiger partial charge in [-0.2, -0.15) is 0 Å². The molecule has 1 heterocycles. The second-order valence-electron chi connectivity index (χ2n) is 15.3. The van der Waals surface area contributed by atoms with Gasteiger partial charge in [-0.1, -0.05) is 60.5 Å². The van der Waals surface area contributed by atoms with Crippen LogP contribution < -0.4 is 14.8 Å². The van der Waals surface area contributed by atoms with Crippen LogP contribution in [0.4, 0.5) is 9.59 Å². The molecule has 0 saturated heterocycles. The number of oxime groups is 1. The smallest absolute Gasteiger partial charge is 0.412 e. The number of hydrogen-bond donors (Lipinski definition) is 3. The highest BCUT2D eigenvalue weighted by molar-refractivity contribution is 6.03. The number of fused-ring (bicyclic) bond motifs is 2. The number of aliphatic hydroxyl groups excluding tert-OH is 2. The molecule has 1 aliphatic heterocycles. The van der Waals surface area contributed by atoms with Crippen molar-refractivity contribution in [1.29, 1.82) is 0 Å². The number of likely N-dealkylation sites (N-methyl/N-ethyl adjacent to an activating group) is 1. The molecule has 3 N–H and O–H groups in total. The third-order valence-corrected chi connectivity index (χ3v) is 10.5. The summed E-state index contributed by atoms with van der Waals surface area (Å²) in [4.78, 5) is 34.0. The van der Waals surface area contributed by atoms with Crippen LogP contribution in [0.1, 0.15) is 82.8 Å². The summed E-state index contributed by atoms with van der Waals surface area (Å²) in [5, 5.41) is 27.2. The van der Waals surface area contributed by atoms with E-state index >= 15 is 0 Å². The second kappa shape index (κ2) is 18.3. The molecule has 294 valence electrons. The molecule has 0 aromatic heterocycles. The van der Waals surface area contributed by atoms with Gasteiger partial charge < -0.3 is 44.2 Å². The minimum Gasteiger partial charge on any atom is -0.459 e. The minimum absolute atomic E-state index is 0.0208. The molecular formula is C42H57N3O9. The van der Waals surface area contributed by atoms with Gasteiger partial charge >= 0.3 is 12.2 Å². The zero-order valence-corrected chi connectivity index (χ0v) is 32.3. The van der Waals surface area contributed by atoms with Crippen LogP contribution in [0, 0.1) is 17.8 Å². The van der Waals surface area contributed by atoms with Gasteiger partial charge in [0.05, 0.1) is 25.3 Å². The lowest BCUT2D eigenvalue weighted by Crippen LogP contribution is -2.69. The Bertz CT molecular complexity index is 1660. The molecule has 12 heteroatoms. The van der Waals surface area contributed by atoms with E-state index in [4.69, 9.17) is 28.9 Å². The standard InChI is InChI=1S/C42H57N3O9/c1-7-23-51-42-36(45(5)40(49)50-6)26-34(44-54-41(2,3)4)32-24-29(17-11-13-21-46)31(18-12-14-22-47)37(38(32)42)33-25-30(19-20-35(33)53-42)52-39(48)43-27-28-15-9-8-10-16-28/h7-10,15-16,19-20,24-25,29,31,36-38,46-47H,1,11-14,17-18,21-23,26-27H2,2-6H3,(H,43,48)/t29-,31+,36-,37+,38+,42+/m0/s1. The number of ether oxygens (including phenoxy) is 4. The average Bonchev–Trinajstić information content (AvgIpc) is 3.16. The summed E-state index contributed by atoms with van der Waals surface area (Å²) in [5.74, 6) is -1.17. The molecule has 2 aromatic rings. The number of benzene rings is 2. The van der Waals surface area contributed by atoms with E-state index in [9.17, 15) is 19.8 Å². The summed E-state index contributed by atoms with van der Waals surface area (Å²) in [6, 6.07) is 14.3. The lowest BCUT2D eigenvalue weighted by atomic mass is 9.55. The Morgan fingerprint density at radius 3 is 2.46 bits per heavy atom. The van der Waals surface area contributed by atoms with Crippen LogP contribution >= 0.6 is 0 Å². The van der Waals surface area contributed by atoms with Crippen molar-refractivity contribution in [2.24, 2.45) is 22.9 Å². The van der Waals surface area contributed by atoms with Crippen LogP contribution in [0.3, 0.4) is 0 Å². The number of nitrogens with zero attached hydrogens (tertiary/aromatic N) is 2. The summed E-state index contributed by atoms with van der Waals surface area (Å²) in [6.07, 6.45) is 7.53. The van der Waals surface area contributed by atoms with Crippen molar-refractivity contribution in [1.82, 2.24) is 10.2 Å². The summed E-state index contributed by atoms with van der Waals surface area (Å²) >= 11 is 0. The van der Waals surface area contributed by atoms with Gasteiger partial charge in [0.25, 0.3) is 0 Å². The maximum atomic E-state index is 13.3. The molecule has 5 rings (SSSR count). The Hall–Kier alpha value is -4.39. The van der Waals surface area contributed by atoms with Crippen LogP contribution in [-0.4, -0.2) is 84.4 Å². The second-order valence-corrected chi connectivity index (χ2v) is 15.3. The Morgan fingerprint density at radius 1 is 1.07 bits per heavy atom. The van der Waals surface area contributed by atoms with Crippen molar-refractivity contribution < 1.29 is 43.6 Å². The molecule has 2 aliphatic carbocycles. The summed E-state index contributed by atoms with van der Waals surface area (Å²) in [5.41, 5.74) is 2.79. The number of carbonyl (C=O) groups is 2. The number of unbranched alkanes of at least 4 members (excludes halogenated alkanes) is 2. The molecular weight excluding hydrogens is 690 g/mol. The first-order valence-electron chi connectivity index (χ1n) is 19.0. The van der Waals surface area contributed by atoms with Crippen molar-refractivity contribution in [3.05, 3.63) is 84.0 Å². The number of methoxy groups -OCH3 is 1. The van der Waals surface area contributed by atoms with Crippen molar-refractivity contribution in [3.8, 4) is 11.5 Å². The number of hydrogen-bond acceptors (Lipinski definition) is 10. The minimum atomic E-state index is -1.40. The zero-order chi connectivity index (χ0) is 38.9. The van der Waals surface area contributed by atoms with E-state index in [-0.39, 0.29) is 44.0 Å². The van der Waals surface area contributed by atoms with Crippen molar-refractivity contribution in [2.45, 2.75) is 95.6 Å². The summed E-state index contributed by atoms with van der Waals surface area (Å²) < 4.78 is 25.0. The van der Waals surface area contributed by atoms with Crippen molar-refractivity contribution in [2.75, 3.05) is 34.0 Å². The third kappa shape index (κ3) is 9.27. The van der Waals surface area contributed by atoms with Crippen LogP contribution in [0.2, 0.25) is 0 Å². The third-order valence-electron chi connectivity index (χ3n) is 10.5. The van der Waals surface area contributed by atoms with E-state index in [1.807, 2.05) is 57.2 Å². The summed E-state index contributed by atoms with van der Waals surface area (Å²) in [7, 11) is 3.01. The van der Waals surface area contributed by atoms with Gasteiger partial charge in [0, 0.05) is 44.7 Å². The van der Waals surface area contributed by atoms with Gasteiger partial charge in [0.15, 0.2) is 0 Å². The van der Waals surface area contributed by atoms with Gasteiger partial charge in [-0.25, -0.2) is 9.59 Å². The number of rotatable bonds is 16. The fourth-order valence-corrected chi connectivity index (χ4v) is 8.17. The molecule has 3 aliphatic rings. The van der Waals surface area contributed by atoms with Gasteiger partial charge in [-0.3, -0.25) is 0 Å². The fourth-order valence-electron chi connectivity index (χ4n) is 8.17. The Labute approximate surface area is 319 Å². The van der Waals surface area contributed by atoms with E-state index in [0.29, 0.717) is 36.6 Å². The molecule has 1 fully saturated rings. The van der Waals surface area contributed by atoms with E-state index in [1.54, 1.807) is 25.3 Å². The molecule has 6 atom stereocenters. The molecule has 0 spiro atoms.